The number of benzene rings is 2. The summed E-state index contributed by atoms with van der Waals surface area (Å²) in [6, 6.07) is 15.3. The van der Waals surface area contributed by atoms with Crippen molar-refractivity contribution in [3.05, 3.63) is 59.7 Å². The Morgan fingerprint density at radius 1 is 1.00 bits per heavy atom. The molecule has 5 nitrogen and oxygen atoms in total. The molecule has 1 aliphatic rings. The molecule has 28 heavy (non-hydrogen) atoms. The predicted molar refractivity (Wildman–Crippen MR) is 115 cm³/mol. The Kier molecular flexibility index (Phi) is 7.12. The van der Waals surface area contributed by atoms with Crippen LogP contribution in [0.25, 0.3) is 0 Å². The van der Waals surface area contributed by atoms with Gasteiger partial charge >= 0.3 is 0 Å². The van der Waals surface area contributed by atoms with Gasteiger partial charge in [-0.05, 0) is 37.7 Å². The molecular weight excluding hydrogens is 370 g/mol. The summed E-state index contributed by atoms with van der Waals surface area (Å²) < 4.78 is 0. The molecule has 0 radical (unpaired) electrons. The van der Waals surface area contributed by atoms with Crippen molar-refractivity contribution in [3.63, 3.8) is 0 Å². The highest BCUT2D eigenvalue weighted by molar-refractivity contribution is 8.00. The predicted octanol–water partition coefficient (Wildman–Crippen LogP) is 3.50. The van der Waals surface area contributed by atoms with Crippen molar-refractivity contribution in [2.24, 2.45) is 0 Å². The number of carbonyl (C=O) groups excluding carboxylic acids is 2. The van der Waals surface area contributed by atoms with Gasteiger partial charge in [0, 0.05) is 36.8 Å². The monoisotopic (exact) mass is 397 g/mol. The third-order valence-corrected chi connectivity index (χ3v) is 5.99. The topological polar surface area (TPSA) is 52.7 Å². The van der Waals surface area contributed by atoms with Crippen LogP contribution in [0.2, 0.25) is 0 Å². The van der Waals surface area contributed by atoms with E-state index in [1.807, 2.05) is 60.4 Å². The lowest BCUT2D eigenvalue weighted by molar-refractivity contribution is -0.113. The highest BCUT2D eigenvalue weighted by Gasteiger charge is 2.23. The van der Waals surface area contributed by atoms with E-state index in [0.29, 0.717) is 5.56 Å². The average Bonchev–Trinajstić information content (AvgIpc) is 2.73. The van der Waals surface area contributed by atoms with Crippen LogP contribution in [0.3, 0.4) is 0 Å². The Labute approximate surface area is 171 Å². The Morgan fingerprint density at radius 3 is 2.36 bits per heavy atom. The molecule has 148 valence electrons. The minimum atomic E-state index is -0.0762. The zero-order chi connectivity index (χ0) is 19.9. The van der Waals surface area contributed by atoms with E-state index in [4.69, 9.17) is 0 Å². The van der Waals surface area contributed by atoms with Gasteiger partial charge < -0.3 is 15.1 Å². The maximum absolute atomic E-state index is 13.0. The fourth-order valence-corrected chi connectivity index (χ4v) is 4.03. The van der Waals surface area contributed by atoms with Crippen LogP contribution in [0.4, 0.5) is 5.69 Å². The second-order valence-electron chi connectivity index (χ2n) is 6.93. The number of anilines is 1. The number of nitrogens with zero attached hydrogens (tertiary/aromatic N) is 2. The van der Waals surface area contributed by atoms with E-state index in [1.165, 1.54) is 11.8 Å². The quantitative estimate of drug-likeness (QED) is 0.758. The Hall–Kier alpha value is -2.31. The zero-order valence-electron chi connectivity index (χ0n) is 16.5. The molecule has 6 heteroatoms. The van der Waals surface area contributed by atoms with Gasteiger partial charge in [-0.25, -0.2) is 0 Å². The smallest absolute Gasteiger partial charge is 0.255 e. The molecule has 1 saturated heterocycles. The molecule has 0 spiro atoms. The molecule has 0 atom stereocenters. The second-order valence-corrected chi connectivity index (χ2v) is 7.94. The van der Waals surface area contributed by atoms with E-state index in [9.17, 15) is 9.59 Å². The zero-order valence-corrected chi connectivity index (χ0v) is 17.3. The van der Waals surface area contributed by atoms with E-state index in [0.717, 1.165) is 48.9 Å². The highest BCUT2D eigenvalue weighted by Crippen LogP contribution is 2.24. The van der Waals surface area contributed by atoms with Crippen LogP contribution < -0.4 is 5.32 Å². The van der Waals surface area contributed by atoms with Crippen molar-refractivity contribution in [2.75, 3.05) is 43.8 Å². The molecule has 0 bridgehead atoms. The van der Waals surface area contributed by atoms with Gasteiger partial charge in [0.15, 0.2) is 0 Å². The van der Waals surface area contributed by atoms with Gasteiger partial charge in [-0.1, -0.05) is 36.8 Å². The van der Waals surface area contributed by atoms with Crippen molar-refractivity contribution in [1.82, 2.24) is 9.80 Å². The molecule has 2 aromatic rings. The molecule has 1 heterocycles. The van der Waals surface area contributed by atoms with Crippen LogP contribution in [0.1, 0.15) is 22.8 Å². The largest absolute Gasteiger partial charge is 0.336 e. The maximum Gasteiger partial charge on any atom is 0.255 e. The first-order chi connectivity index (χ1) is 13.6. The third-order valence-electron chi connectivity index (χ3n) is 4.92. The fraction of sp³-hybridized carbons (Fsp3) is 0.364. The van der Waals surface area contributed by atoms with Gasteiger partial charge in [-0.15, -0.1) is 11.8 Å². The summed E-state index contributed by atoms with van der Waals surface area (Å²) in [6.07, 6.45) is 0. The molecule has 1 N–H and O–H groups in total. The second kappa shape index (κ2) is 9.75. The van der Waals surface area contributed by atoms with Gasteiger partial charge in [0.1, 0.15) is 0 Å². The first kappa shape index (κ1) is 20.4. The molecule has 2 aromatic carbocycles. The van der Waals surface area contributed by atoms with Crippen molar-refractivity contribution in [3.8, 4) is 0 Å². The summed E-state index contributed by atoms with van der Waals surface area (Å²) in [6.45, 7) is 8.50. The van der Waals surface area contributed by atoms with Crippen molar-refractivity contribution in [2.45, 2.75) is 18.7 Å². The summed E-state index contributed by atoms with van der Waals surface area (Å²) in [5.74, 6) is 0.243. The van der Waals surface area contributed by atoms with Crippen LogP contribution in [-0.2, 0) is 4.79 Å². The fourth-order valence-electron chi connectivity index (χ4n) is 3.18. The normalized spacial score (nSPS) is 14.7. The molecule has 0 unspecified atom stereocenters. The SMILES string of the molecule is CCN1CCN(C(=O)c2ccccc2SCC(=O)Nc2ccc(C)cc2)CC1. The van der Waals surface area contributed by atoms with Crippen LogP contribution in [0.5, 0.6) is 0 Å². The van der Waals surface area contributed by atoms with E-state index in [-0.39, 0.29) is 17.6 Å². The summed E-state index contributed by atoms with van der Waals surface area (Å²) >= 11 is 1.40. The first-order valence-corrected chi connectivity index (χ1v) is 10.7. The lowest BCUT2D eigenvalue weighted by Crippen LogP contribution is -2.48. The Morgan fingerprint density at radius 2 is 1.68 bits per heavy atom. The molecular formula is C22H27N3O2S. The number of thioether (sulfide) groups is 1. The summed E-state index contributed by atoms with van der Waals surface area (Å²) in [4.78, 5) is 30.4. The molecule has 3 rings (SSSR count). The number of piperazine rings is 1. The third kappa shape index (κ3) is 5.36. The van der Waals surface area contributed by atoms with Crippen molar-refractivity contribution in [1.29, 1.82) is 0 Å². The molecule has 0 aromatic heterocycles. The Balaban J connectivity index is 1.59. The van der Waals surface area contributed by atoms with Crippen molar-refractivity contribution >= 4 is 29.3 Å². The van der Waals surface area contributed by atoms with Crippen molar-refractivity contribution < 1.29 is 9.59 Å². The van der Waals surface area contributed by atoms with Gasteiger partial charge in [0.05, 0.1) is 11.3 Å². The average molecular weight is 398 g/mol. The molecule has 1 aliphatic heterocycles. The van der Waals surface area contributed by atoms with E-state index in [1.54, 1.807) is 0 Å². The Bertz CT molecular complexity index is 815. The number of carbonyl (C=O) groups is 2. The maximum atomic E-state index is 13.0. The molecule has 2 amide bonds. The van der Waals surface area contributed by atoms with E-state index < -0.39 is 0 Å². The summed E-state index contributed by atoms with van der Waals surface area (Å²) in [7, 11) is 0. The molecule has 0 aliphatic carbocycles. The number of amides is 2. The van der Waals surface area contributed by atoms with E-state index in [2.05, 4.69) is 17.1 Å². The summed E-state index contributed by atoms with van der Waals surface area (Å²) in [5.41, 5.74) is 2.62. The van der Waals surface area contributed by atoms with Gasteiger partial charge in [-0.3, -0.25) is 9.59 Å². The van der Waals surface area contributed by atoms with E-state index >= 15 is 0 Å². The number of nitrogens with one attached hydrogen (secondary N) is 1. The minimum Gasteiger partial charge on any atom is -0.336 e. The molecule has 1 fully saturated rings. The number of aryl methyl sites for hydroxylation is 1. The van der Waals surface area contributed by atoms with Crippen LogP contribution in [0.15, 0.2) is 53.4 Å². The number of hydrogen-bond donors (Lipinski definition) is 1. The number of rotatable bonds is 6. The van der Waals surface area contributed by atoms with Crippen LogP contribution >= 0.6 is 11.8 Å². The lowest BCUT2D eigenvalue weighted by Gasteiger charge is -2.34. The number of likely N-dealkylation sites (N-methyl/N-ethyl adjacent to an activating group) is 1. The molecule has 0 saturated carbocycles. The van der Waals surface area contributed by atoms with Crippen LogP contribution in [-0.4, -0.2) is 60.1 Å². The number of hydrogen-bond acceptors (Lipinski definition) is 4. The van der Waals surface area contributed by atoms with Crippen LogP contribution in [0, 0.1) is 6.92 Å². The van der Waals surface area contributed by atoms with Gasteiger partial charge in [-0.2, -0.15) is 0 Å². The van der Waals surface area contributed by atoms with Gasteiger partial charge in [0.25, 0.3) is 5.91 Å². The summed E-state index contributed by atoms with van der Waals surface area (Å²) in [5, 5.41) is 2.90. The standard InChI is InChI=1S/C22H27N3O2S/c1-3-24-12-14-25(15-13-24)22(27)19-6-4-5-7-20(19)28-16-21(26)23-18-10-8-17(2)9-11-18/h4-11H,3,12-16H2,1-2H3,(H,23,26). The first-order valence-electron chi connectivity index (χ1n) is 9.67. The highest BCUT2D eigenvalue weighted by atomic mass is 32.2. The lowest BCUT2D eigenvalue weighted by atomic mass is 10.2. The minimum absolute atomic E-state index is 0.0535. The van der Waals surface area contributed by atoms with Gasteiger partial charge in [0.2, 0.25) is 5.91 Å².